The van der Waals surface area contributed by atoms with Gasteiger partial charge in [-0.2, -0.15) is 12.6 Å². The lowest BCUT2D eigenvalue weighted by molar-refractivity contribution is 0.293. The normalized spacial score (nSPS) is 10.8. The molecular weight excluding hydrogens is 194 g/mol. The lowest BCUT2D eigenvalue weighted by atomic mass is 10.2. The van der Waals surface area contributed by atoms with Gasteiger partial charge >= 0.3 is 0 Å². The van der Waals surface area contributed by atoms with E-state index in [-0.39, 0.29) is 0 Å². The number of aromatic hydroxyl groups is 1. The maximum absolute atomic E-state index is 9.58. The largest absolute Gasteiger partial charge is 0.508 e. The van der Waals surface area contributed by atoms with Crippen LogP contribution in [-0.4, -0.2) is 28.8 Å². The summed E-state index contributed by atoms with van der Waals surface area (Å²) >= 11 is 4.20. The molecule has 0 spiro atoms. The summed E-state index contributed by atoms with van der Waals surface area (Å²) in [5.74, 6) is 1.23. The first kappa shape index (κ1) is 11.4. The number of para-hydroxylation sites is 1. The van der Waals surface area contributed by atoms with E-state index in [0.717, 1.165) is 31.0 Å². The Labute approximate surface area is 91.0 Å². The van der Waals surface area contributed by atoms with Gasteiger partial charge in [0.1, 0.15) is 5.75 Å². The second-order valence-corrected chi connectivity index (χ2v) is 3.67. The van der Waals surface area contributed by atoms with E-state index >= 15 is 0 Å². The highest BCUT2D eigenvalue weighted by Crippen LogP contribution is 2.17. The molecule has 78 valence electrons. The number of phenols is 1. The predicted octanol–water partition coefficient (Wildman–Crippen LogP) is 2.14. The van der Waals surface area contributed by atoms with Crippen molar-refractivity contribution in [1.82, 2.24) is 4.90 Å². The molecule has 1 aromatic rings. The molecule has 14 heavy (non-hydrogen) atoms. The van der Waals surface area contributed by atoms with Crippen molar-refractivity contribution in [2.75, 3.05) is 18.8 Å². The molecule has 0 aromatic heterocycles. The summed E-state index contributed by atoms with van der Waals surface area (Å²) in [5, 5.41) is 9.58. The Morgan fingerprint density at radius 3 is 2.64 bits per heavy atom. The Balaban J connectivity index is 2.62. The monoisotopic (exact) mass is 211 g/mol. The van der Waals surface area contributed by atoms with Gasteiger partial charge in [-0.3, -0.25) is 4.90 Å². The first-order valence-electron chi connectivity index (χ1n) is 4.88. The molecule has 3 heteroatoms. The summed E-state index contributed by atoms with van der Waals surface area (Å²) in [7, 11) is 0. The molecule has 0 unspecified atom stereocenters. The fraction of sp³-hybridized carbons (Fsp3) is 0.455. The molecule has 0 aliphatic carbocycles. The van der Waals surface area contributed by atoms with Crippen LogP contribution < -0.4 is 0 Å². The van der Waals surface area contributed by atoms with Gasteiger partial charge < -0.3 is 5.11 Å². The summed E-state index contributed by atoms with van der Waals surface area (Å²) in [4.78, 5) is 2.25. The molecule has 0 fully saturated rings. The number of phenolic OH excluding ortho intramolecular Hbond substituents is 1. The van der Waals surface area contributed by atoms with E-state index in [9.17, 15) is 5.11 Å². The second-order valence-electron chi connectivity index (χ2n) is 3.22. The molecule has 0 aliphatic heterocycles. The Kier molecular flexibility index (Phi) is 4.84. The number of benzene rings is 1. The van der Waals surface area contributed by atoms with Crippen molar-refractivity contribution in [2.45, 2.75) is 13.5 Å². The third kappa shape index (κ3) is 3.24. The van der Waals surface area contributed by atoms with Crippen LogP contribution in [0.3, 0.4) is 0 Å². The summed E-state index contributed by atoms with van der Waals surface area (Å²) in [6.45, 7) is 4.84. The van der Waals surface area contributed by atoms with E-state index in [1.165, 1.54) is 0 Å². The van der Waals surface area contributed by atoms with Crippen LogP contribution in [0.4, 0.5) is 0 Å². The fourth-order valence-electron chi connectivity index (χ4n) is 1.38. The highest BCUT2D eigenvalue weighted by atomic mass is 32.1. The van der Waals surface area contributed by atoms with Gasteiger partial charge in [0, 0.05) is 24.4 Å². The first-order valence-corrected chi connectivity index (χ1v) is 5.51. The van der Waals surface area contributed by atoms with Crippen LogP contribution >= 0.6 is 12.6 Å². The van der Waals surface area contributed by atoms with Crippen molar-refractivity contribution < 1.29 is 5.11 Å². The number of hydrogen-bond donors (Lipinski definition) is 2. The number of nitrogens with zero attached hydrogens (tertiary/aromatic N) is 1. The minimum absolute atomic E-state index is 0.380. The minimum atomic E-state index is 0.380. The van der Waals surface area contributed by atoms with E-state index < -0.39 is 0 Å². The van der Waals surface area contributed by atoms with Crippen LogP contribution in [0.2, 0.25) is 0 Å². The highest BCUT2D eigenvalue weighted by molar-refractivity contribution is 7.80. The average Bonchev–Trinajstić information content (AvgIpc) is 2.20. The SMILES string of the molecule is CCN(CCS)Cc1ccccc1O. The van der Waals surface area contributed by atoms with E-state index in [4.69, 9.17) is 0 Å². The van der Waals surface area contributed by atoms with E-state index in [1.807, 2.05) is 18.2 Å². The third-order valence-electron chi connectivity index (χ3n) is 2.25. The van der Waals surface area contributed by atoms with Gasteiger partial charge in [0.2, 0.25) is 0 Å². The molecule has 0 atom stereocenters. The van der Waals surface area contributed by atoms with Gasteiger partial charge in [0.15, 0.2) is 0 Å². The molecule has 0 heterocycles. The Morgan fingerprint density at radius 2 is 2.07 bits per heavy atom. The summed E-state index contributed by atoms with van der Waals surface area (Å²) in [5.41, 5.74) is 0.983. The molecule has 0 radical (unpaired) electrons. The zero-order valence-corrected chi connectivity index (χ0v) is 9.37. The van der Waals surface area contributed by atoms with Crippen LogP contribution in [0.1, 0.15) is 12.5 Å². The molecule has 0 aliphatic rings. The molecule has 1 rings (SSSR count). The molecule has 0 saturated carbocycles. The third-order valence-corrected chi connectivity index (χ3v) is 2.45. The minimum Gasteiger partial charge on any atom is -0.508 e. The first-order chi connectivity index (χ1) is 6.77. The van der Waals surface area contributed by atoms with Gasteiger partial charge in [0.25, 0.3) is 0 Å². The average molecular weight is 211 g/mol. The quantitative estimate of drug-likeness (QED) is 0.729. The number of thiol groups is 1. The van der Waals surface area contributed by atoms with Crippen LogP contribution in [0.5, 0.6) is 5.75 Å². The zero-order chi connectivity index (χ0) is 10.4. The molecule has 0 saturated heterocycles. The topological polar surface area (TPSA) is 23.5 Å². The summed E-state index contributed by atoms with van der Waals surface area (Å²) in [6.07, 6.45) is 0. The van der Waals surface area contributed by atoms with Crippen LogP contribution in [-0.2, 0) is 6.54 Å². The van der Waals surface area contributed by atoms with Crippen molar-refractivity contribution in [3.8, 4) is 5.75 Å². The summed E-state index contributed by atoms with van der Waals surface area (Å²) in [6, 6.07) is 7.47. The zero-order valence-electron chi connectivity index (χ0n) is 8.48. The highest BCUT2D eigenvalue weighted by Gasteiger charge is 2.05. The van der Waals surface area contributed by atoms with Crippen molar-refractivity contribution >= 4 is 12.6 Å². The smallest absolute Gasteiger partial charge is 0.120 e. The maximum atomic E-state index is 9.58. The lowest BCUT2D eigenvalue weighted by Gasteiger charge is -2.19. The van der Waals surface area contributed by atoms with Gasteiger partial charge in [-0.1, -0.05) is 25.1 Å². The van der Waals surface area contributed by atoms with Gasteiger partial charge in [-0.25, -0.2) is 0 Å². The van der Waals surface area contributed by atoms with Crippen LogP contribution in [0.25, 0.3) is 0 Å². The Hall–Kier alpha value is -0.670. The Bertz CT molecular complexity index is 278. The molecule has 1 N–H and O–H groups in total. The summed E-state index contributed by atoms with van der Waals surface area (Å²) < 4.78 is 0. The Morgan fingerprint density at radius 1 is 1.36 bits per heavy atom. The van der Waals surface area contributed by atoms with E-state index in [2.05, 4.69) is 24.5 Å². The maximum Gasteiger partial charge on any atom is 0.120 e. The molecule has 0 bridgehead atoms. The molecular formula is C11H17NOS. The van der Waals surface area contributed by atoms with Crippen molar-refractivity contribution in [1.29, 1.82) is 0 Å². The van der Waals surface area contributed by atoms with E-state index in [0.29, 0.717) is 5.75 Å². The van der Waals surface area contributed by atoms with Crippen LogP contribution in [0, 0.1) is 0 Å². The fourth-order valence-corrected chi connectivity index (χ4v) is 1.66. The van der Waals surface area contributed by atoms with Gasteiger partial charge in [-0.05, 0) is 12.6 Å². The number of rotatable bonds is 5. The molecule has 1 aromatic carbocycles. The predicted molar refractivity (Wildman–Crippen MR) is 62.9 cm³/mol. The number of hydrogen-bond acceptors (Lipinski definition) is 3. The van der Waals surface area contributed by atoms with E-state index in [1.54, 1.807) is 6.07 Å². The molecule has 0 amide bonds. The standard InChI is InChI=1S/C11H17NOS/c1-2-12(7-8-14)9-10-5-3-4-6-11(10)13/h3-6,13-14H,2,7-9H2,1H3. The molecule has 2 nitrogen and oxygen atoms in total. The van der Waals surface area contributed by atoms with Crippen LogP contribution in [0.15, 0.2) is 24.3 Å². The second kappa shape index (κ2) is 5.94. The lowest BCUT2D eigenvalue weighted by Crippen LogP contribution is -2.24. The van der Waals surface area contributed by atoms with Crippen molar-refractivity contribution in [3.63, 3.8) is 0 Å². The van der Waals surface area contributed by atoms with Gasteiger partial charge in [-0.15, -0.1) is 0 Å². The van der Waals surface area contributed by atoms with Crippen molar-refractivity contribution in [3.05, 3.63) is 29.8 Å². The van der Waals surface area contributed by atoms with Gasteiger partial charge in [0.05, 0.1) is 0 Å². The van der Waals surface area contributed by atoms with Crippen molar-refractivity contribution in [2.24, 2.45) is 0 Å².